The first-order valence-electron chi connectivity index (χ1n) is 5.18. The quantitative estimate of drug-likeness (QED) is 0.645. The number of aromatic nitrogens is 3. The van der Waals surface area contributed by atoms with Gasteiger partial charge < -0.3 is 15.2 Å². The van der Waals surface area contributed by atoms with Crippen LogP contribution in [0.5, 0.6) is 11.5 Å². The Morgan fingerprint density at radius 1 is 1.17 bits per heavy atom. The SMILES string of the molecule is Oc1cccc(O)c1-c1nc2ncc(Br)cc2[nH]1. The van der Waals surface area contributed by atoms with E-state index in [2.05, 4.69) is 30.9 Å². The second-order valence-electron chi connectivity index (χ2n) is 3.78. The van der Waals surface area contributed by atoms with Crippen LogP contribution in [0.15, 0.2) is 34.9 Å². The molecule has 1 aromatic carbocycles. The summed E-state index contributed by atoms with van der Waals surface area (Å²) in [5.41, 5.74) is 1.52. The maximum atomic E-state index is 9.77. The zero-order valence-corrected chi connectivity index (χ0v) is 10.6. The molecule has 2 aromatic heterocycles. The molecule has 3 aromatic rings. The molecule has 0 atom stereocenters. The number of aromatic hydroxyl groups is 2. The van der Waals surface area contributed by atoms with Gasteiger partial charge in [0, 0.05) is 10.7 Å². The Morgan fingerprint density at radius 2 is 1.89 bits per heavy atom. The molecule has 0 aliphatic heterocycles. The first-order valence-corrected chi connectivity index (χ1v) is 5.97. The van der Waals surface area contributed by atoms with Gasteiger partial charge in [0.15, 0.2) is 5.65 Å². The van der Waals surface area contributed by atoms with E-state index in [1.807, 2.05) is 6.07 Å². The average Bonchev–Trinajstić information content (AvgIpc) is 2.71. The van der Waals surface area contributed by atoms with Crippen LogP contribution in [-0.4, -0.2) is 25.2 Å². The van der Waals surface area contributed by atoms with Crippen molar-refractivity contribution in [3.8, 4) is 22.9 Å². The minimum Gasteiger partial charge on any atom is -0.507 e. The van der Waals surface area contributed by atoms with E-state index in [-0.39, 0.29) is 17.1 Å². The number of halogens is 1. The second-order valence-corrected chi connectivity index (χ2v) is 4.70. The Bertz CT molecular complexity index is 719. The van der Waals surface area contributed by atoms with E-state index in [1.54, 1.807) is 12.3 Å². The molecule has 0 spiro atoms. The number of rotatable bonds is 1. The lowest BCUT2D eigenvalue weighted by Gasteiger charge is -2.02. The number of aromatic amines is 1. The average molecular weight is 306 g/mol. The highest BCUT2D eigenvalue weighted by Gasteiger charge is 2.14. The molecule has 3 N–H and O–H groups in total. The van der Waals surface area contributed by atoms with E-state index in [0.29, 0.717) is 11.5 Å². The van der Waals surface area contributed by atoms with Crippen LogP contribution >= 0.6 is 15.9 Å². The number of H-pyrrole nitrogens is 1. The van der Waals surface area contributed by atoms with E-state index in [1.165, 1.54) is 12.1 Å². The summed E-state index contributed by atoms with van der Waals surface area (Å²) in [7, 11) is 0. The van der Waals surface area contributed by atoms with Crippen molar-refractivity contribution in [3.63, 3.8) is 0 Å². The van der Waals surface area contributed by atoms with Crippen molar-refractivity contribution in [2.75, 3.05) is 0 Å². The van der Waals surface area contributed by atoms with Gasteiger partial charge in [-0.3, -0.25) is 0 Å². The first kappa shape index (κ1) is 11.0. The van der Waals surface area contributed by atoms with Gasteiger partial charge in [0.25, 0.3) is 0 Å². The zero-order chi connectivity index (χ0) is 12.7. The molecule has 0 radical (unpaired) electrons. The van der Waals surface area contributed by atoms with Crippen LogP contribution < -0.4 is 0 Å². The fourth-order valence-electron chi connectivity index (χ4n) is 1.76. The fraction of sp³-hybridized carbons (Fsp3) is 0. The summed E-state index contributed by atoms with van der Waals surface area (Å²) >= 11 is 3.32. The molecule has 3 rings (SSSR count). The smallest absolute Gasteiger partial charge is 0.178 e. The summed E-state index contributed by atoms with van der Waals surface area (Å²) in [5.74, 6) is 0.312. The predicted octanol–water partition coefficient (Wildman–Crippen LogP) is 2.80. The van der Waals surface area contributed by atoms with Gasteiger partial charge in [0.1, 0.15) is 22.9 Å². The van der Waals surface area contributed by atoms with Crippen molar-refractivity contribution in [3.05, 3.63) is 34.9 Å². The van der Waals surface area contributed by atoms with Crippen molar-refractivity contribution in [1.29, 1.82) is 0 Å². The van der Waals surface area contributed by atoms with Gasteiger partial charge in [-0.1, -0.05) is 6.07 Å². The largest absolute Gasteiger partial charge is 0.507 e. The predicted molar refractivity (Wildman–Crippen MR) is 70.4 cm³/mol. The van der Waals surface area contributed by atoms with Crippen molar-refractivity contribution in [2.45, 2.75) is 0 Å². The normalized spacial score (nSPS) is 10.9. The van der Waals surface area contributed by atoms with Crippen LogP contribution in [0.2, 0.25) is 0 Å². The van der Waals surface area contributed by atoms with Crippen LogP contribution in [0.25, 0.3) is 22.6 Å². The van der Waals surface area contributed by atoms with Crippen LogP contribution in [0.1, 0.15) is 0 Å². The molecule has 6 heteroatoms. The van der Waals surface area contributed by atoms with Crippen LogP contribution in [-0.2, 0) is 0 Å². The van der Waals surface area contributed by atoms with E-state index in [9.17, 15) is 10.2 Å². The molecule has 90 valence electrons. The number of hydrogen-bond acceptors (Lipinski definition) is 4. The van der Waals surface area contributed by atoms with Crippen molar-refractivity contribution < 1.29 is 10.2 Å². The van der Waals surface area contributed by atoms with Gasteiger partial charge in [0.05, 0.1) is 5.52 Å². The van der Waals surface area contributed by atoms with E-state index in [4.69, 9.17) is 0 Å². The molecule has 0 saturated carbocycles. The van der Waals surface area contributed by atoms with Crippen molar-refractivity contribution in [1.82, 2.24) is 15.0 Å². The van der Waals surface area contributed by atoms with E-state index >= 15 is 0 Å². The van der Waals surface area contributed by atoms with Gasteiger partial charge in [0.2, 0.25) is 0 Å². The minimum absolute atomic E-state index is 0.0341. The Balaban J connectivity index is 2.26. The Morgan fingerprint density at radius 3 is 2.61 bits per heavy atom. The summed E-state index contributed by atoms with van der Waals surface area (Å²) in [6, 6.07) is 6.37. The summed E-state index contributed by atoms with van der Waals surface area (Å²) in [4.78, 5) is 11.4. The van der Waals surface area contributed by atoms with Crippen LogP contribution in [0.3, 0.4) is 0 Å². The lowest BCUT2D eigenvalue weighted by Crippen LogP contribution is -1.82. The number of nitrogens with zero attached hydrogens (tertiary/aromatic N) is 2. The highest BCUT2D eigenvalue weighted by molar-refractivity contribution is 9.10. The van der Waals surface area contributed by atoms with Gasteiger partial charge in [-0.05, 0) is 34.1 Å². The molecule has 18 heavy (non-hydrogen) atoms. The maximum absolute atomic E-state index is 9.77. The fourth-order valence-corrected chi connectivity index (χ4v) is 2.10. The molecular weight excluding hydrogens is 298 g/mol. The maximum Gasteiger partial charge on any atom is 0.178 e. The third-order valence-corrected chi connectivity index (χ3v) is 3.00. The molecule has 5 nitrogen and oxygen atoms in total. The number of phenols is 2. The molecular formula is C12H8BrN3O2. The monoisotopic (exact) mass is 305 g/mol. The number of fused-ring (bicyclic) bond motifs is 1. The molecule has 0 amide bonds. The number of pyridine rings is 1. The second kappa shape index (κ2) is 3.99. The Hall–Kier alpha value is -2.08. The number of imidazole rings is 1. The lowest BCUT2D eigenvalue weighted by atomic mass is 10.1. The molecule has 0 unspecified atom stereocenters. The lowest BCUT2D eigenvalue weighted by molar-refractivity contribution is 0.453. The number of phenolic OH excluding ortho intramolecular Hbond substituents is 2. The molecule has 0 aliphatic rings. The minimum atomic E-state index is -0.0341. The molecule has 0 bridgehead atoms. The molecule has 0 saturated heterocycles. The molecule has 0 fully saturated rings. The summed E-state index contributed by atoms with van der Waals surface area (Å²) in [5, 5.41) is 19.5. The van der Waals surface area contributed by atoms with Gasteiger partial charge in [-0.2, -0.15) is 0 Å². The van der Waals surface area contributed by atoms with Crippen LogP contribution in [0.4, 0.5) is 0 Å². The zero-order valence-electron chi connectivity index (χ0n) is 9.05. The van der Waals surface area contributed by atoms with Crippen LogP contribution in [0, 0.1) is 0 Å². The number of benzene rings is 1. The number of nitrogens with one attached hydrogen (secondary N) is 1. The van der Waals surface area contributed by atoms with Crippen molar-refractivity contribution >= 4 is 27.1 Å². The molecule has 0 aliphatic carbocycles. The Kier molecular flexibility index (Phi) is 2.45. The summed E-state index contributed by atoms with van der Waals surface area (Å²) in [6.07, 6.45) is 1.64. The van der Waals surface area contributed by atoms with Gasteiger partial charge >= 0.3 is 0 Å². The van der Waals surface area contributed by atoms with E-state index < -0.39 is 0 Å². The van der Waals surface area contributed by atoms with E-state index in [0.717, 1.165) is 9.99 Å². The highest BCUT2D eigenvalue weighted by Crippen LogP contribution is 2.35. The van der Waals surface area contributed by atoms with Gasteiger partial charge in [-0.25, -0.2) is 9.97 Å². The first-order chi connectivity index (χ1) is 8.65. The van der Waals surface area contributed by atoms with Crippen molar-refractivity contribution in [2.24, 2.45) is 0 Å². The van der Waals surface area contributed by atoms with Gasteiger partial charge in [-0.15, -0.1) is 0 Å². The third-order valence-electron chi connectivity index (χ3n) is 2.56. The number of hydrogen-bond donors (Lipinski definition) is 3. The summed E-state index contributed by atoms with van der Waals surface area (Å²) in [6.45, 7) is 0. The third kappa shape index (κ3) is 1.70. The molecule has 2 heterocycles. The standard InChI is InChI=1S/C12H8BrN3O2/c13-6-4-7-11(14-5-6)16-12(15-7)10-8(17)2-1-3-9(10)18/h1-5,17-18H,(H,14,15,16). The Labute approximate surface area is 110 Å². The summed E-state index contributed by atoms with van der Waals surface area (Å²) < 4.78 is 0.826. The highest BCUT2D eigenvalue weighted by atomic mass is 79.9. The topological polar surface area (TPSA) is 82.0 Å².